The van der Waals surface area contributed by atoms with E-state index in [0.717, 1.165) is 38.6 Å². The van der Waals surface area contributed by atoms with Crippen LogP contribution in [0.1, 0.15) is 13.9 Å². The highest BCUT2D eigenvalue weighted by molar-refractivity contribution is 6.09. The second kappa shape index (κ2) is 7.82. The van der Waals surface area contributed by atoms with Crippen molar-refractivity contribution in [1.82, 2.24) is 4.98 Å². The lowest BCUT2D eigenvalue weighted by Crippen LogP contribution is -1.96. The molecule has 0 saturated heterocycles. The zero-order chi connectivity index (χ0) is 23.1. The van der Waals surface area contributed by atoms with Crippen LogP contribution in [-0.4, -0.2) is 4.98 Å². The maximum absolute atomic E-state index is 9.12. The van der Waals surface area contributed by atoms with Gasteiger partial charge < -0.3 is 4.42 Å². The van der Waals surface area contributed by atoms with Crippen molar-refractivity contribution in [2.45, 2.75) is 6.37 Å². The standard InChI is InChI=1S/C30H21NO/c1-3-10-21(11-4-1)18-23-19-28(31-20-27(23)22-12-5-2-6-13-22)26-16-9-15-25-24-14-7-8-17-29(24)32-30(25)26/h1-17,19-20H,18H2/i18D2. The highest BCUT2D eigenvalue weighted by Crippen LogP contribution is 2.36. The largest absolute Gasteiger partial charge is 0.455 e. The molecule has 0 aliphatic carbocycles. The molecule has 6 rings (SSSR count). The summed E-state index contributed by atoms with van der Waals surface area (Å²) in [6.07, 6.45) is 0.0636. The molecule has 0 bridgehead atoms. The maximum Gasteiger partial charge on any atom is 0.144 e. The zero-order valence-corrected chi connectivity index (χ0v) is 17.3. The molecule has 2 nitrogen and oxygen atoms in total. The van der Waals surface area contributed by atoms with Gasteiger partial charge in [0.05, 0.1) is 5.69 Å². The third kappa shape index (κ3) is 3.27. The molecule has 2 heterocycles. The number of benzene rings is 4. The Hall–Kier alpha value is -4.17. The molecule has 0 atom stereocenters. The van der Waals surface area contributed by atoms with Crippen molar-refractivity contribution < 1.29 is 7.16 Å². The van der Waals surface area contributed by atoms with E-state index in [4.69, 9.17) is 12.1 Å². The molecule has 0 N–H and O–H groups in total. The fourth-order valence-electron chi connectivity index (χ4n) is 4.18. The predicted octanol–water partition coefficient (Wildman–Crippen LogP) is 7.91. The van der Waals surface area contributed by atoms with Crippen LogP contribution in [0.4, 0.5) is 0 Å². The predicted molar refractivity (Wildman–Crippen MR) is 132 cm³/mol. The van der Waals surface area contributed by atoms with E-state index in [0.29, 0.717) is 16.8 Å². The highest BCUT2D eigenvalue weighted by atomic mass is 16.3. The van der Waals surface area contributed by atoms with Crippen molar-refractivity contribution in [3.05, 3.63) is 127 Å². The number of furan rings is 1. The number of aromatic nitrogens is 1. The quantitative estimate of drug-likeness (QED) is 0.293. The van der Waals surface area contributed by atoms with Crippen LogP contribution in [0.2, 0.25) is 0 Å². The molecule has 0 radical (unpaired) electrons. The Morgan fingerprint density at radius 1 is 0.688 bits per heavy atom. The second-order valence-electron chi connectivity index (χ2n) is 7.75. The normalized spacial score (nSPS) is 12.6. The summed E-state index contributed by atoms with van der Waals surface area (Å²) in [7, 11) is 0. The molecule has 0 aliphatic rings. The summed E-state index contributed by atoms with van der Waals surface area (Å²) < 4.78 is 24.5. The third-order valence-corrected chi connectivity index (χ3v) is 5.72. The lowest BCUT2D eigenvalue weighted by Gasteiger charge is -2.12. The molecule has 0 spiro atoms. The Kier molecular flexibility index (Phi) is 4.04. The molecular weight excluding hydrogens is 390 g/mol. The van der Waals surface area contributed by atoms with E-state index in [9.17, 15) is 0 Å². The molecule has 0 amide bonds. The van der Waals surface area contributed by atoms with Crippen molar-refractivity contribution in [1.29, 1.82) is 0 Å². The average Bonchev–Trinajstić information content (AvgIpc) is 3.28. The number of nitrogens with zero attached hydrogens (tertiary/aromatic N) is 1. The van der Waals surface area contributed by atoms with E-state index in [2.05, 4.69) is 6.07 Å². The average molecular weight is 414 g/mol. The van der Waals surface area contributed by atoms with Gasteiger partial charge in [-0.2, -0.15) is 0 Å². The molecule has 0 unspecified atom stereocenters. The van der Waals surface area contributed by atoms with Crippen LogP contribution in [0.25, 0.3) is 44.3 Å². The summed E-state index contributed by atoms with van der Waals surface area (Å²) in [6, 6.07) is 35.0. The molecule has 32 heavy (non-hydrogen) atoms. The number of hydrogen-bond acceptors (Lipinski definition) is 2. The maximum atomic E-state index is 9.12. The fraction of sp³-hybridized carbons (Fsp3) is 0.0333. The van der Waals surface area contributed by atoms with Crippen molar-refractivity contribution in [2.24, 2.45) is 0 Å². The summed E-state index contributed by atoms with van der Waals surface area (Å²) in [5.41, 5.74) is 5.99. The van der Waals surface area contributed by atoms with Crippen molar-refractivity contribution in [3.8, 4) is 22.4 Å². The SMILES string of the molecule is [2H]C([2H])(c1ccccc1)c1cc(-c2cccc3c2oc2ccccc23)ncc1-c1ccccc1. The lowest BCUT2D eigenvalue weighted by atomic mass is 9.94. The molecule has 6 aromatic rings. The Labute approximate surface area is 189 Å². The van der Waals surface area contributed by atoms with Crippen LogP contribution in [0.5, 0.6) is 0 Å². The van der Waals surface area contributed by atoms with Gasteiger partial charge in [-0.05, 0) is 41.3 Å². The Bertz CT molecular complexity index is 1620. The topological polar surface area (TPSA) is 26.0 Å². The van der Waals surface area contributed by atoms with Gasteiger partial charge in [-0.1, -0.05) is 91.0 Å². The second-order valence-corrected chi connectivity index (χ2v) is 7.75. The third-order valence-electron chi connectivity index (χ3n) is 5.72. The van der Waals surface area contributed by atoms with Crippen molar-refractivity contribution >= 4 is 21.9 Å². The minimum absolute atomic E-state index is 0.572. The Morgan fingerprint density at radius 3 is 2.25 bits per heavy atom. The van der Waals surface area contributed by atoms with E-state index in [1.165, 1.54) is 0 Å². The van der Waals surface area contributed by atoms with Gasteiger partial charge >= 0.3 is 0 Å². The van der Waals surface area contributed by atoms with Gasteiger partial charge in [-0.25, -0.2) is 0 Å². The number of pyridine rings is 1. The van der Waals surface area contributed by atoms with E-state index in [1.54, 1.807) is 6.20 Å². The first kappa shape index (κ1) is 16.5. The minimum Gasteiger partial charge on any atom is -0.455 e. The highest BCUT2D eigenvalue weighted by Gasteiger charge is 2.15. The van der Waals surface area contributed by atoms with Crippen LogP contribution in [0, 0.1) is 0 Å². The van der Waals surface area contributed by atoms with Gasteiger partial charge in [0.1, 0.15) is 11.2 Å². The van der Waals surface area contributed by atoms with Gasteiger partial charge in [0, 0.05) is 30.8 Å². The first-order valence-electron chi connectivity index (χ1n) is 11.6. The van der Waals surface area contributed by atoms with E-state index in [1.807, 2.05) is 103 Å². The number of para-hydroxylation sites is 2. The molecule has 4 aromatic carbocycles. The van der Waals surface area contributed by atoms with Gasteiger partial charge in [-0.15, -0.1) is 0 Å². The van der Waals surface area contributed by atoms with E-state index >= 15 is 0 Å². The van der Waals surface area contributed by atoms with E-state index < -0.39 is 6.37 Å². The van der Waals surface area contributed by atoms with Crippen LogP contribution in [0.15, 0.2) is 120 Å². The van der Waals surface area contributed by atoms with Crippen molar-refractivity contribution in [3.63, 3.8) is 0 Å². The first-order valence-corrected chi connectivity index (χ1v) is 10.6. The van der Waals surface area contributed by atoms with E-state index in [-0.39, 0.29) is 0 Å². The number of fused-ring (bicyclic) bond motifs is 3. The summed E-state index contributed by atoms with van der Waals surface area (Å²) in [5, 5.41) is 2.08. The van der Waals surface area contributed by atoms with Gasteiger partial charge in [0.2, 0.25) is 0 Å². The molecule has 2 aromatic heterocycles. The van der Waals surface area contributed by atoms with Crippen LogP contribution < -0.4 is 0 Å². The van der Waals surface area contributed by atoms with Crippen LogP contribution >= 0.6 is 0 Å². The van der Waals surface area contributed by atoms with Crippen LogP contribution in [0.3, 0.4) is 0 Å². The summed E-state index contributed by atoms with van der Waals surface area (Å²) >= 11 is 0. The minimum atomic E-state index is -1.72. The Balaban J connectivity index is 1.61. The smallest absolute Gasteiger partial charge is 0.144 e. The van der Waals surface area contributed by atoms with Crippen LogP contribution in [-0.2, 0) is 6.37 Å². The number of rotatable bonds is 4. The fourth-order valence-corrected chi connectivity index (χ4v) is 4.18. The van der Waals surface area contributed by atoms with Gasteiger partial charge in [0.25, 0.3) is 0 Å². The first-order chi connectivity index (χ1) is 16.6. The summed E-state index contributed by atoms with van der Waals surface area (Å²) in [4.78, 5) is 4.79. The molecule has 0 fully saturated rings. The zero-order valence-electron chi connectivity index (χ0n) is 19.3. The van der Waals surface area contributed by atoms with Crippen molar-refractivity contribution in [2.75, 3.05) is 0 Å². The molecule has 152 valence electrons. The molecule has 2 heteroatoms. The monoisotopic (exact) mass is 413 g/mol. The molecular formula is C30H21NO. The lowest BCUT2D eigenvalue weighted by molar-refractivity contribution is 0.670. The van der Waals surface area contributed by atoms with Gasteiger partial charge in [-0.3, -0.25) is 4.98 Å². The molecule has 0 saturated carbocycles. The Morgan fingerprint density at radius 2 is 1.41 bits per heavy atom. The molecule has 0 aliphatic heterocycles. The summed E-state index contributed by atoms with van der Waals surface area (Å²) in [6.45, 7) is 0. The summed E-state index contributed by atoms with van der Waals surface area (Å²) in [5.74, 6) is 0. The number of hydrogen-bond donors (Lipinski definition) is 0. The van der Waals surface area contributed by atoms with Gasteiger partial charge in [0.15, 0.2) is 0 Å².